The molecule has 0 amide bonds. The Kier molecular flexibility index (Phi) is 8.10. The summed E-state index contributed by atoms with van der Waals surface area (Å²) < 4.78 is 55.0. The van der Waals surface area contributed by atoms with Gasteiger partial charge in [-0.15, -0.1) is 17.6 Å². The molecule has 0 N–H and O–H groups in total. The van der Waals surface area contributed by atoms with Crippen molar-refractivity contribution in [2.45, 2.75) is 33.6 Å². The van der Waals surface area contributed by atoms with Crippen LogP contribution in [0.4, 0.5) is 22.0 Å². The topological polar surface area (TPSA) is 26.3 Å². The molecule has 0 aromatic rings. The molecule has 0 saturated carbocycles. The van der Waals surface area contributed by atoms with Gasteiger partial charge in [0.15, 0.2) is 0 Å². The van der Waals surface area contributed by atoms with E-state index in [2.05, 4.69) is 4.74 Å². The highest BCUT2D eigenvalue weighted by molar-refractivity contribution is 5.75. The Morgan fingerprint density at radius 2 is 1.56 bits per heavy atom. The number of ether oxygens (including phenoxy) is 1. The number of hydrogen-bond donors (Lipinski definition) is 0. The fraction of sp³-hybridized carbons (Fsp3) is 0.889. The Morgan fingerprint density at radius 1 is 1.19 bits per heavy atom. The molecule has 0 aromatic heterocycles. The smallest absolute Gasteiger partial charge is 0.462 e. The molecular formula is C9H15F5O2. The van der Waals surface area contributed by atoms with Crippen molar-refractivity contribution in [1.82, 2.24) is 0 Å². The van der Waals surface area contributed by atoms with E-state index in [0.717, 1.165) is 0 Å². The van der Waals surface area contributed by atoms with Gasteiger partial charge in [0.25, 0.3) is 0 Å². The quantitative estimate of drug-likeness (QED) is 0.564. The van der Waals surface area contributed by atoms with E-state index in [1.807, 2.05) is 6.92 Å². The average molecular weight is 250 g/mol. The van der Waals surface area contributed by atoms with Crippen molar-refractivity contribution in [3.8, 4) is 0 Å². The van der Waals surface area contributed by atoms with E-state index in [1.165, 1.54) is 0 Å². The summed E-state index contributed by atoms with van der Waals surface area (Å²) in [5.74, 6) is -0.322. The molecule has 0 aliphatic rings. The van der Waals surface area contributed by atoms with Gasteiger partial charge in [-0.25, -0.2) is 4.39 Å². The van der Waals surface area contributed by atoms with E-state index in [4.69, 9.17) is 0 Å². The van der Waals surface area contributed by atoms with Gasteiger partial charge in [-0.05, 0) is 20.3 Å². The minimum atomic E-state index is -5.50. The third kappa shape index (κ3) is 13.1. The summed E-state index contributed by atoms with van der Waals surface area (Å²) in [6.07, 6.45) is -4.79. The Balaban J connectivity index is 0. The summed E-state index contributed by atoms with van der Waals surface area (Å²) in [4.78, 5) is 11.1. The minimum absolute atomic E-state index is 0.123. The first-order valence-corrected chi connectivity index (χ1v) is 4.53. The van der Waals surface area contributed by atoms with Crippen molar-refractivity contribution >= 4 is 5.97 Å². The first-order chi connectivity index (χ1) is 7.04. The summed E-state index contributed by atoms with van der Waals surface area (Å²) in [7, 11) is 0. The number of halogens is 5. The first-order valence-electron chi connectivity index (χ1n) is 4.53. The van der Waals surface area contributed by atoms with Crippen molar-refractivity contribution in [2.24, 2.45) is 5.41 Å². The van der Waals surface area contributed by atoms with Gasteiger partial charge in [-0.2, -0.15) is 0 Å². The van der Waals surface area contributed by atoms with Crippen LogP contribution in [0.25, 0.3) is 0 Å². The second kappa shape index (κ2) is 7.40. The molecule has 0 aliphatic carbocycles. The fourth-order valence-electron chi connectivity index (χ4n) is 0.471. The molecule has 0 unspecified atom stereocenters. The van der Waals surface area contributed by atoms with E-state index >= 15 is 0 Å². The molecule has 0 radical (unpaired) electrons. The SMILES string of the molecule is CCC(C)(C)C(=O)OCCF.FC(F)(F)F. The third-order valence-corrected chi connectivity index (χ3v) is 1.75. The summed E-state index contributed by atoms with van der Waals surface area (Å²) in [6.45, 7) is 4.74. The van der Waals surface area contributed by atoms with Gasteiger partial charge in [-0.1, -0.05) is 6.92 Å². The third-order valence-electron chi connectivity index (χ3n) is 1.75. The standard InChI is InChI=1S/C8H15FO2.CF4/c1-4-8(2,3)7(10)11-6-5-9;2-1(3,4)5/h4-6H2,1-3H3;. The summed E-state index contributed by atoms with van der Waals surface area (Å²) >= 11 is 0. The summed E-state index contributed by atoms with van der Waals surface area (Å²) in [6, 6.07) is 0. The highest BCUT2D eigenvalue weighted by Crippen LogP contribution is 2.21. The zero-order valence-electron chi connectivity index (χ0n) is 9.33. The van der Waals surface area contributed by atoms with Crippen molar-refractivity contribution in [1.29, 1.82) is 0 Å². The molecule has 0 heterocycles. The predicted octanol–water partition coefficient (Wildman–Crippen LogP) is 3.41. The van der Waals surface area contributed by atoms with Crippen LogP contribution in [0.1, 0.15) is 27.2 Å². The molecule has 98 valence electrons. The van der Waals surface area contributed by atoms with Gasteiger partial charge in [0.1, 0.15) is 13.3 Å². The lowest BCUT2D eigenvalue weighted by molar-refractivity contribution is -0.237. The van der Waals surface area contributed by atoms with Gasteiger partial charge >= 0.3 is 12.4 Å². The molecule has 0 fully saturated rings. The lowest BCUT2D eigenvalue weighted by atomic mass is 9.91. The summed E-state index contributed by atoms with van der Waals surface area (Å²) in [5.41, 5.74) is -0.477. The number of hydrogen-bond acceptors (Lipinski definition) is 2. The van der Waals surface area contributed by atoms with Crippen molar-refractivity contribution < 1.29 is 31.5 Å². The number of carbonyl (C=O) groups excluding carboxylic acids is 1. The van der Waals surface area contributed by atoms with Crippen LogP contribution in [0.2, 0.25) is 0 Å². The van der Waals surface area contributed by atoms with Crippen LogP contribution >= 0.6 is 0 Å². The number of rotatable bonds is 4. The maximum absolute atomic E-state index is 11.6. The molecule has 2 nitrogen and oxygen atoms in total. The van der Waals surface area contributed by atoms with Gasteiger partial charge in [0, 0.05) is 0 Å². The minimum Gasteiger partial charge on any atom is -0.462 e. The number of esters is 1. The average Bonchev–Trinajstić information content (AvgIpc) is 2.11. The van der Waals surface area contributed by atoms with Crippen LogP contribution in [0.15, 0.2) is 0 Å². The largest absolute Gasteiger partial charge is 0.559 e. The number of alkyl halides is 5. The molecule has 0 saturated heterocycles. The molecule has 0 rings (SSSR count). The molecule has 0 bridgehead atoms. The zero-order chi connectivity index (χ0) is 13.4. The van der Waals surface area contributed by atoms with Crippen molar-refractivity contribution in [2.75, 3.05) is 13.3 Å². The van der Waals surface area contributed by atoms with Crippen molar-refractivity contribution in [3.05, 3.63) is 0 Å². The molecule has 16 heavy (non-hydrogen) atoms. The molecule has 7 heteroatoms. The second-order valence-corrected chi connectivity index (χ2v) is 3.49. The van der Waals surface area contributed by atoms with E-state index in [-0.39, 0.29) is 12.6 Å². The monoisotopic (exact) mass is 250 g/mol. The van der Waals surface area contributed by atoms with Gasteiger partial charge in [0.05, 0.1) is 5.41 Å². The second-order valence-electron chi connectivity index (χ2n) is 3.49. The molecule has 0 atom stereocenters. The van der Waals surface area contributed by atoms with E-state index in [1.54, 1.807) is 13.8 Å². The Morgan fingerprint density at radius 3 is 1.81 bits per heavy atom. The molecule has 0 aliphatic heterocycles. The Labute approximate surface area is 90.8 Å². The highest BCUT2D eigenvalue weighted by Gasteiger charge is 2.26. The lowest BCUT2D eigenvalue weighted by Crippen LogP contribution is -2.26. The lowest BCUT2D eigenvalue weighted by Gasteiger charge is -2.19. The first kappa shape index (κ1) is 17.5. The number of carbonyl (C=O) groups is 1. The molecular weight excluding hydrogens is 235 g/mol. The van der Waals surface area contributed by atoms with Crippen LogP contribution < -0.4 is 0 Å². The maximum Gasteiger partial charge on any atom is 0.559 e. The predicted molar refractivity (Wildman–Crippen MR) is 48.2 cm³/mol. The van der Waals surface area contributed by atoms with Crippen LogP contribution in [0, 0.1) is 5.41 Å². The normalized spacial score (nSPS) is 11.5. The van der Waals surface area contributed by atoms with Crippen molar-refractivity contribution in [3.63, 3.8) is 0 Å². The van der Waals surface area contributed by atoms with E-state index in [9.17, 15) is 26.7 Å². The van der Waals surface area contributed by atoms with Crippen LogP contribution in [0.3, 0.4) is 0 Å². The highest BCUT2D eigenvalue weighted by atomic mass is 19.5. The fourth-order valence-corrected chi connectivity index (χ4v) is 0.471. The van der Waals surface area contributed by atoms with E-state index in [0.29, 0.717) is 6.42 Å². The van der Waals surface area contributed by atoms with Gasteiger partial charge < -0.3 is 4.74 Å². The van der Waals surface area contributed by atoms with Crippen LogP contribution in [-0.4, -0.2) is 25.7 Å². The van der Waals surface area contributed by atoms with Crippen LogP contribution in [-0.2, 0) is 9.53 Å². The maximum atomic E-state index is 11.6. The zero-order valence-corrected chi connectivity index (χ0v) is 9.33. The molecule has 0 spiro atoms. The van der Waals surface area contributed by atoms with Crippen LogP contribution in [0.5, 0.6) is 0 Å². The molecule has 0 aromatic carbocycles. The van der Waals surface area contributed by atoms with E-state index < -0.39 is 18.5 Å². The Bertz CT molecular complexity index is 195. The summed E-state index contributed by atoms with van der Waals surface area (Å²) in [5, 5.41) is 0. The Hall–Kier alpha value is -0.880. The van der Waals surface area contributed by atoms with Gasteiger partial charge in [-0.3, -0.25) is 4.79 Å². The van der Waals surface area contributed by atoms with Gasteiger partial charge in [0.2, 0.25) is 0 Å².